The van der Waals surface area contributed by atoms with Crippen molar-refractivity contribution in [1.29, 1.82) is 0 Å². The minimum absolute atomic E-state index is 0.222. The van der Waals surface area contributed by atoms with Gasteiger partial charge in [-0.05, 0) is 75.1 Å². The van der Waals surface area contributed by atoms with Crippen molar-refractivity contribution in [2.75, 3.05) is 6.54 Å². The first kappa shape index (κ1) is 27.6. The molecule has 3 heterocycles. The molecule has 1 atom stereocenters. The fourth-order valence-electron chi connectivity index (χ4n) is 5.78. The van der Waals surface area contributed by atoms with Crippen LogP contribution >= 0.6 is 0 Å². The predicted octanol–water partition coefficient (Wildman–Crippen LogP) is 6.85. The van der Waals surface area contributed by atoms with E-state index < -0.39 is 23.3 Å². The van der Waals surface area contributed by atoms with Crippen molar-refractivity contribution >= 4 is 12.2 Å². The third-order valence-corrected chi connectivity index (χ3v) is 8.11. The lowest BCUT2D eigenvalue weighted by molar-refractivity contribution is 0.0366. The number of likely N-dealkylation sites (tertiary alicyclic amines) is 1. The molecule has 1 aliphatic carbocycles. The van der Waals surface area contributed by atoms with Gasteiger partial charge < -0.3 is 25.1 Å². The Morgan fingerprint density at radius 3 is 2.02 bits per heavy atom. The van der Waals surface area contributed by atoms with E-state index in [2.05, 4.69) is 61.7 Å². The molecule has 2 amide bonds. The highest BCUT2D eigenvalue weighted by molar-refractivity contribution is 5.72. The molecular formula is C32H36N6O4. The fraction of sp³-hybridized carbons (Fsp3) is 0.375. The highest BCUT2D eigenvalue weighted by atomic mass is 16.6. The van der Waals surface area contributed by atoms with E-state index in [-0.39, 0.29) is 6.04 Å². The first-order chi connectivity index (χ1) is 20.1. The maximum atomic E-state index is 12.5. The molecule has 1 saturated carbocycles. The highest BCUT2D eigenvalue weighted by Gasteiger charge is 2.43. The highest BCUT2D eigenvalue weighted by Crippen LogP contribution is 2.41. The molecule has 2 fully saturated rings. The Hall–Kier alpha value is -4.60. The van der Waals surface area contributed by atoms with Crippen molar-refractivity contribution in [2.45, 2.75) is 70.1 Å². The number of hydrogen-bond acceptors (Lipinski definition) is 5. The van der Waals surface area contributed by atoms with Gasteiger partial charge in [-0.25, -0.2) is 19.6 Å². The van der Waals surface area contributed by atoms with Crippen LogP contribution in [-0.4, -0.2) is 54.3 Å². The summed E-state index contributed by atoms with van der Waals surface area (Å²) < 4.78 is 5.49. The van der Waals surface area contributed by atoms with Crippen molar-refractivity contribution in [2.24, 2.45) is 0 Å². The molecule has 0 radical (unpaired) electrons. The Bertz CT molecular complexity index is 1580. The van der Waals surface area contributed by atoms with Gasteiger partial charge in [0.25, 0.3) is 0 Å². The van der Waals surface area contributed by atoms with E-state index in [1.165, 1.54) is 4.90 Å². The summed E-state index contributed by atoms with van der Waals surface area (Å²) in [6.07, 6.45) is 6.52. The first-order valence-corrected chi connectivity index (χ1v) is 14.4. The molecule has 10 nitrogen and oxygen atoms in total. The monoisotopic (exact) mass is 568 g/mol. The van der Waals surface area contributed by atoms with Gasteiger partial charge in [-0.1, -0.05) is 48.5 Å². The number of hydrogen-bond donors (Lipinski definition) is 4. The lowest BCUT2D eigenvalue weighted by Crippen LogP contribution is -2.52. The molecule has 42 heavy (non-hydrogen) atoms. The average molecular weight is 569 g/mol. The zero-order chi connectivity index (χ0) is 29.5. The van der Waals surface area contributed by atoms with Gasteiger partial charge in [-0.2, -0.15) is 0 Å². The number of rotatable bonds is 6. The number of carboxylic acid groups (broad SMARTS) is 1. The number of nitrogens with one attached hydrogen (secondary N) is 3. The molecule has 1 unspecified atom stereocenters. The Morgan fingerprint density at radius 2 is 1.48 bits per heavy atom. The van der Waals surface area contributed by atoms with Crippen LogP contribution < -0.4 is 5.32 Å². The van der Waals surface area contributed by atoms with E-state index in [9.17, 15) is 14.7 Å². The number of aromatic amines is 2. The van der Waals surface area contributed by atoms with E-state index >= 15 is 0 Å². The number of ether oxygens (including phenoxy) is 1. The summed E-state index contributed by atoms with van der Waals surface area (Å²) in [5.74, 6) is 1.44. The minimum atomic E-state index is -0.906. The van der Waals surface area contributed by atoms with Crippen LogP contribution in [0.25, 0.3) is 33.6 Å². The number of imidazole rings is 2. The van der Waals surface area contributed by atoms with Crippen LogP contribution in [0.15, 0.2) is 60.9 Å². The van der Waals surface area contributed by atoms with Gasteiger partial charge >= 0.3 is 12.2 Å². The number of H-pyrrole nitrogens is 2. The SMILES string of the molecule is CC(C)(C)OC(=O)NC1(c2ncc(-c3ccc(-c4ccc(-c5cnc(C6CCCN6C(=O)O)[nH]5)cc4)cc3)[nH]2)CCC1. The second-order valence-corrected chi connectivity index (χ2v) is 12.2. The smallest absolute Gasteiger partial charge is 0.408 e. The number of carbonyl (C=O) groups is 2. The van der Waals surface area contributed by atoms with Crippen LogP contribution in [0.3, 0.4) is 0 Å². The van der Waals surface area contributed by atoms with Gasteiger partial charge in [-0.3, -0.25) is 4.90 Å². The lowest BCUT2D eigenvalue weighted by Gasteiger charge is -2.40. The molecule has 218 valence electrons. The first-order valence-electron chi connectivity index (χ1n) is 14.4. The molecule has 0 spiro atoms. The van der Waals surface area contributed by atoms with E-state index in [0.29, 0.717) is 12.4 Å². The van der Waals surface area contributed by atoms with E-state index in [1.807, 2.05) is 39.1 Å². The van der Waals surface area contributed by atoms with E-state index in [1.54, 1.807) is 6.20 Å². The summed E-state index contributed by atoms with van der Waals surface area (Å²) in [5, 5.41) is 12.5. The molecule has 4 N–H and O–H groups in total. The largest absolute Gasteiger partial charge is 0.465 e. The zero-order valence-electron chi connectivity index (χ0n) is 24.1. The lowest BCUT2D eigenvalue weighted by atomic mass is 9.76. The number of carbonyl (C=O) groups excluding carboxylic acids is 1. The topological polar surface area (TPSA) is 136 Å². The molecule has 2 aromatic carbocycles. The van der Waals surface area contributed by atoms with Gasteiger partial charge in [0.2, 0.25) is 0 Å². The van der Waals surface area contributed by atoms with Crippen LogP contribution in [0.4, 0.5) is 9.59 Å². The fourth-order valence-corrected chi connectivity index (χ4v) is 5.78. The number of benzene rings is 2. The molecule has 2 aliphatic rings. The molecule has 10 heteroatoms. The molecule has 6 rings (SSSR count). The van der Waals surface area contributed by atoms with Crippen molar-refractivity contribution in [3.8, 4) is 33.6 Å². The summed E-state index contributed by atoms with van der Waals surface area (Å²) >= 11 is 0. The van der Waals surface area contributed by atoms with Gasteiger partial charge in [-0.15, -0.1) is 0 Å². The maximum Gasteiger partial charge on any atom is 0.408 e. The quantitative estimate of drug-likeness (QED) is 0.201. The van der Waals surface area contributed by atoms with Crippen molar-refractivity contribution < 1.29 is 19.4 Å². The number of alkyl carbamates (subject to hydrolysis) is 1. The summed E-state index contributed by atoms with van der Waals surface area (Å²) in [5.41, 5.74) is 4.84. The standard InChI is InChI=1S/C32H36N6O4/c1-31(2,3)42-29(39)37-32(15-5-16-32)28-34-19-25(36-28)23-13-9-21(10-14-23)20-7-11-22(12-8-20)24-18-33-27(35-24)26-6-4-17-38(26)30(40)41/h7-14,18-19,26H,4-6,15-17H2,1-3H3,(H,33,35)(H,34,36)(H,37,39)(H,40,41). The molecule has 1 aliphatic heterocycles. The Labute approximate surface area is 244 Å². The number of nitrogens with zero attached hydrogens (tertiary/aromatic N) is 3. The minimum Gasteiger partial charge on any atom is -0.465 e. The second kappa shape index (κ2) is 10.7. The normalized spacial score (nSPS) is 18.0. The summed E-state index contributed by atoms with van der Waals surface area (Å²) in [7, 11) is 0. The van der Waals surface area contributed by atoms with Crippen molar-refractivity contribution in [3.63, 3.8) is 0 Å². The summed E-state index contributed by atoms with van der Waals surface area (Å²) in [4.78, 5) is 41.3. The third kappa shape index (κ3) is 5.48. The Balaban J connectivity index is 1.13. The molecule has 0 bridgehead atoms. The zero-order valence-corrected chi connectivity index (χ0v) is 24.1. The second-order valence-electron chi connectivity index (χ2n) is 12.2. The van der Waals surface area contributed by atoms with E-state index in [4.69, 9.17) is 4.74 Å². The van der Waals surface area contributed by atoms with E-state index in [0.717, 1.165) is 71.6 Å². The van der Waals surface area contributed by atoms with Gasteiger partial charge in [0.1, 0.15) is 22.8 Å². The number of aromatic nitrogens is 4. The third-order valence-electron chi connectivity index (χ3n) is 8.11. The van der Waals surface area contributed by atoms with Crippen molar-refractivity contribution in [1.82, 2.24) is 30.2 Å². The number of amides is 2. The Morgan fingerprint density at radius 1 is 0.905 bits per heavy atom. The van der Waals surface area contributed by atoms with Crippen LogP contribution in [0.5, 0.6) is 0 Å². The van der Waals surface area contributed by atoms with Crippen LogP contribution in [0.2, 0.25) is 0 Å². The summed E-state index contributed by atoms with van der Waals surface area (Å²) in [6, 6.07) is 16.3. The molecule has 4 aromatic rings. The van der Waals surface area contributed by atoms with Crippen LogP contribution in [-0.2, 0) is 10.3 Å². The average Bonchev–Trinajstić information content (AvgIpc) is 3.71. The Kier molecular flexibility index (Phi) is 7.00. The maximum absolute atomic E-state index is 12.5. The molecular weight excluding hydrogens is 532 g/mol. The molecule has 1 saturated heterocycles. The van der Waals surface area contributed by atoms with Gasteiger partial charge in [0, 0.05) is 6.54 Å². The van der Waals surface area contributed by atoms with Gasteiger partial charge in [0.15, 0.2) is 0 Å². The summed E-state index contributed by atoms with van der Waals surface area (Å²) in [6.45, 7) is 6.10. The van der Waals surface area contributed by atoms with Gasteiger partial charge in [0.05, 0.1) is 29.8 Å². The molecule has 2 aromatic heterocycles. The van der Waals surface area contributed by atoms with Crippen molar-refractivity contribution in [3.05, 3.63) is 72.6 Å². The van der Waals surface area contributed by atoms with Crippen LogP contribution in [0, 0.1) is 0 Å². The van der Waals surface area contributed by atoms with Crippen LogP contribution in [0.1, 0.15) is 70.6 Å². The predicted molar refractivity (Wildman–Crippen MR) is 159 cm³/mol.